The van der Waals surface area contributed by atoms with Crippen molar-refractivity contribution in [1.82, 2.24) is 14.9 Å². The Balaban J connectivity index is 1.42. The minimum absolute atomic E-state index is 0.165. The molecule has 148 valence electrons. The molecule has 1 aliphatic rings. The summed E-state index contributed by atoms with van der Waals surface area (Å²) >= 11 is 0. The highest BCUT2D eigenvalue weighted by atomic mass is 19.1. The van der Waals surface area contributed by atoms with Crippen molar-refractivity contribution in [2.75, 3.05) is 36.4 Å². The summed E-state index contributed by atoms with van der Waals surface area (Å²) in [7, 11) is 0. The maximum absolute atomic E-state index is 14.1. The van der Waals surface area contributed by atoms with Gasteiger partial charge in [0.1, 0.15) is 11.6 Å². The first kappa shape index (κ1) is 18.8. The number of rotatable bonds is 3. The fraction of sp³-hybridized carbons (Fsp3) is 0.190. The molecule has 0 bridgehead atoms. The van der Waals surface area contributed by atoms with Crippen LogP contribution in [0.15, 0.2) is 61.1 Å². The minimum atomic E-state index is -0.647. The van der Waals surface area contributed by atoms with Crippen molar-refractivity contribution in [2.45, 2.75) is 0 Å². The smallest absolute Gasteiger partial charge is 0.322 e. The summed E-state index contributed by atoms with van der Waals surface area (Å²) in [4.78, 5) is 24.5. The summed E-state index contributed by atoms with van der Waals surface area (Å²) in [6.45, 7) is 2.37. The molecule has 0 saturated carbocycles. The first-order valence-electron chi connectivity index (χ1n) is 9.22. The molecule has 1 aromatic carbocycles. The van der Waals surface area contributed by atoms with Gasteiger partial charge < -0.3 is 15.1 Å². The molecule has 0 aliphatic carbocycles. The second kappa shape index (κ2) is 8.22. The molecule has 6 nitrogen and oxygen atoms in total. The molecule has 1 aliphatic heterocycles. The number of anilines is 2. The summed E-state index contributed by atoms with van der Waals surface area (Å²) < 4.78 is 27.2. The Hall–Kier alpha value is -3.55. The van der Waals surface area contributed by atoms with Crippen molar-refractivity contribution in [3.8, 4) is 11.3 Å². The zero-order valence-electron chi connectivity index (χ0n) is 15.6. The number of nitrogens with one attached hydrogen (secondary N) is 1. The van der Waals surface area contributed by atoms with Gasteiger partial charge in [-0.25, -0.2) is 13.6 Å². The van der Waals surface area contributed by atoms with Crippen LogP contribution in [-0.4, -0.2) is 47.1 Å². The second-order valence-corrected chi connectivity index (χ2v) is 6.67. The summed E-state index contributed by atoms with van der Waals surface area (Å²) in [6, 6.07) is 10.5. The van der Waals surface area contributed by atoms with Gasteiger partial charge in [-0.2, -0.15) is 0 Å². The molecule has 8 heteroatoms. The van der Waals surface area contributed by atoms with Crippen LogP contribution in [0.25, 0.3) is 11.3 Å². The molecule has 0 atom stereocenters. The van der Waals surface area contributed by atoms with Crippen LogP contribution in [0.2, 0.25) is 0 Å². The summed E-state index contributed by atoms with van der Waals surface area (Å²) in [6.07, 6.45) is 4.85. The van der Waals surface area contributed by atoms with E-state index in [0.717, 1.165) is 11.8 Å². The zero-order chi connectivity index (χ0) is 20.2. The third-order valence-corrected chi connectivity index (χ3v) is 4.80. The Morgan fingerprint density at radius 1 is 1.00 bits per heavy atom. The van der Waals surface area contributed by atoms with Gasteiger partial charge in [-0.05, 0) is 36.4 Å². The number of aromatic nitrogens is 2. The molecule has 3 heterocycles. The molecule has 2 amide bonds. The van der Waals surface area contributed by atoms with Crippen LogP contribution in [0, 0.1) is 11.6 Å². The van der Waals surface area contributed by atoms with Crippen LogP contribution >= 0.6 is 0 Å². The molecule has 3 aromatic rings. The molecule has 2 aromatic heterocycles. The maximum Gasteiger partial charge on any atom is 0.322 e. The first-order valence-corrected chi connectivity index (χ1v) is 9.22. The number of carbonyl (C=O) groups excluding carboxylic acids is 1. The van der Waals surface area contributed by atoms with Crippen molar-refractivity contribution in [2.24, 2.45) is 0 Å². The Morgan fingerprint density at radius 2 is 1.83 bits per heavy atom. The summed E-state index contributed by atoms with van der Waals surface area (Å²) in [5.41, 5.74) is 2.23. The zero-order valence-corrected chi connectivity index (χ0v) is 15.6. The first-order chi connectivity index (χ1) is 14.1. The van der Waals surface area contributed by atoms with E-state index in [-0.39, 0.29) is 11.6 Å². The Kier molecular flexibility index (Phi) is 5.33. The molecule has 0 radical (unpaired) electrons. The molecular formula is C21H19F2N5O. The predicted molar refractivity (Wildman–Crippen MR) is 107 cm³/mol. The van der Waals surface area contributed by atoms with Crippen molar-refractivity contribution >= 4 is 17.4 Å². The van der Waals surface area contributed by atoms with E-state index < -0.39 is 11.6 Å². The monoisotopic (exact) mass is 395 g/mol. The molecule has 4 rings (SSSR count). The van der Waals surface area contributed by atoms with Gasteiger partial charge in [0.05, 0.1) is 17.6 Å². The average molecular weight is 395 g/mol. The molecule has 1 saturated heterocycles. The molecule has 0 unspecified atom stereocenters. The Morgan fingerprint density at radius 3 is 2.55 bits per heavy atom. The third kappa shape index (κ3) is 4.31. The van der Waals surface area contributed by atoms with Crippen molar-refractivity contribution in [1.29, 1.82) is 0 Å². The molecule has 29 heavy (non-hydrogen) atoms. The molecule has 1 N–H and O–H groups in total. The number of hydrogen-bond acceptors (Lipinski definition) is 4. The van der Waals surface area contributed by atoms with Crippen LogP contribution in [0.1, 0.15) is 0 Å². The van der Waals surface area contributed by atoms with Gasteiger partial charge in [-0.15, -0.1) is 0 Å². The highest BCUT2D eigenvalue weighted by Gasteiger charge is 2.22. The van der Waals surface area contributed by atoms with E-state index in [4.69, 9.17) is 0 Å². The molecule has 0 spiro atoms. The number of urea groups is 1. The highest BCUT2D eigenvalue weighted by Crippen LogP contribution is 2.26. The van der Waals surface area contributed by atoms with Gasteiger partial charge in [0.2, 0.25) is 0 Å². The lowest BCUT2D eigenvalue weighted by molar-refractivity contribution is 0.208. The van der Waals surface area contributed by atoms with Crippen molar-refractivity contribution in [3.05, 3.63) is 72.7 Å². The van der Waals surface area contributed by atoms with Crippen LogP contribution in [-0.2, 0) is 0 Å². The summed E-state index contributed by atoms with van der Waals surface area (Å²) in [5, 5.41) is 2.83. The lowest BCUT2D eigenvalue weighted by atomic mass is 10.1. The van der Waals surface area contributed by atoms with E-state index >= 15 is 0 Å². The van der Waals surface area contributed by atoms with Crippen molar-refractivity contribution < 1.29 is 13.6 Å². The number of carbonyl (C=O) groups is 1. The van der Waals surface area contributed by atoms with Crippen LogP contribution in [0.3, 0.4) is 0 Å². The predicted octanol–water partition coefficient (Wildman–Crippen LogP) is 3.78. The standard InChI is InChI=1S/C21H19F2N5O/c22-15-3-4-18(19(23)12-15)20-13-17(5-7-25-20)27-8-10-28(11-9-27)21(29)26-16-2-1-6-24-14-16/h1-7,12-14H,8-11H2,(H,26,29). The maximum atomic E-state index is 14.1. The number of hydrogen-bond donors (Lipinski definition) is 1. The van der Waals surface area contributed by atoms with E-state index in [9.17, 15) is 13.6 Å². The normalized spacial score (nSPS) is 14.0. The third-order valence-electron chi connectivity index (χ3n) is 4.80. The number of benzene rings is 1. The van der Waals surface area contributed by atoms with E-state index in [1.54, 1.807) is 41.7 Å². The van der Waals surface area contributed by atoms with E-state index in [2.05, 4.69) is 20.2 Å². The lowest BCUT2D eigenvalue weighted by Gasteiger charge is -2.36. The summed E-state index contributed by atoms with van der Waals surface area (Å²) in [5.74, 6) is -1.27. The Bertz CT molecular complexity index is 1010. The lowest BCUT2D eigenvalue weighted by Crippen LogP contribution is -2.50. The van der Waals surface area contributed by atoms with Crippen LogP contribution in [0.5, 0.6) is 0 Å². The average Bonchev–Trinajstić information content (AvgIpc) is 2.75. The highest BCUT2D eigenvalue weighted by molar-refractivity contribution is 5.89. The fourth-order valence-corrected chi connectivity index (χ4v) is 3.27. The quantitative estimate of drug-likeness (QED) is 0.733. The second-order valence-electron chi connectivity index (χ2n) is 6.67. The van der Waals surface area contributed by atoms with Crippen LogP contribution < -0.4 is 10.2 Å². The van der Waals surface area contributed by atoms with Gasteiger partial charge in [0.25, 0.3) is 0 Å². The van der Waals surface area contributed by atoms with Crippen molar-refractivity contribution in [3.63, 3.8) is 0 Å². The number of piperazine rings is 1. The molecule has 1 fully saturated rings. The largest absolute Gasteiger partial charge is 0.368 e. The van der Waals surface area contributed by atoms with E-state index in [1.165, 1.54) is 12.1 Å². The minimum Gasteiger partial charge on any atom is -0.368 e. The number of pyridine rings is 2. The van der Waals surface area contributed by atoms with E-state index in [0.29, 0.717) is 37.6 Å². The van der Waals surface area contributed by atoms with Gasteiger partial charge in [0.15, 0.2) is 0 Å². The van der Waals surface area contributed by atoms with Gasteiger partial charge in [-0.3, -0.25) is 9.97 Å². The van der Waals surface area contributed by atoms with Gasteiger partial charge in [0, 0.05) is 55.9 Å². The number of nitrogens with zero attached hydrogens (tertiary/aromatic N) is 4. The molecular weight excluding hydrogens is 376 g/mol. The Labute approximate surface area is 166 Å². The van der Waals surface area contributed by atoms with Gasteiger partial charge in [-0.1, -0.05) is 0 Å². The van der Waals surface area contributed by atoms with Gasteiger partial charge >= 0.3 is 6.03 Å². The fourth-order valence-electron chi connectivity index (χ4n) is 3.27. The number of amides is 2. The SMILES string of the molecule is O=C(Nc1cccnc1)N1CCN(c2ccnc(-c3ccc(F)cc3F)c2)CC1. The number of halogens is 2. The van der Waals surface area contributed by atoms with E-state index in [1.807, 2.05) is 6.07 Å². The van der Waals surface area contributed by atoms with Crippen LogP contribution in [0.4, 0.5) is 25.0 Å². The topological polar surface area (TPSA) is 61.4 Å².